The molecule has 0 bridgehead atoms. The van der Waals surface area contributed by atoms with Crippen molar-refractivity contribution < 1.29 is 14.3 Å². The zero-order chi connectivity index (χ0) is 19.7. The Morgan fingerprint density at radius 1 is 1.14 bits per heavy atom. The molecule has 4 rings (SSSR count). The molecule has 0 spiro atoms. The summed E-state index contributed by atoms with van der Waals surface area (Å²) in [5.41, 5.74) is 2.96. The number of carbonyl (C=O) groups excluding carboxylic acids is 2. The summed E-state index contributed by atoms with van der Waals surface area (Å²) in [6.45, 7) is 2.06. The predicted octanol–water partition coefficient (Wildman–Crippen LogP) is 3.69. The van der Waals surface area contributed by atoms with E-state index in [1.807, 2.05) is 48.7 Å². The number of benzene rings is 2. The molecule has 1 amide bonds. The van der Waals surface area contributed by atoms with Gasteiger partial charge in [0.05, 0.1) is 18.5 Å². The number of carbonyl (C=O) groups is 2. The van der Waals surface area contributed by atoms with E-state index in [2.05, 4.69) is 26.2 Å². The van der Waals surface area contributed by atoms with E-state index in [1.54, 1.807) is 6.92 Å². The molecule has 144 valence electrons. The van der Waals surface area contributed by atoms with Crippen LogP contribution in [0.1, 0.15) is 23.6 Å². The van der Waals surface area contributed by atoms with Crippen molar-refractivity contribution in [1.82, 2.24) is 10.3 Å². The van der Waals surface area contributed by atoms with E-state index >= 15 is 0 Å². The van der Waals surface area contributed by atoms with Crippen molar-refractivity contribution >= 4 is 38.7 Å². The van der Waals surface area contributed by atoms with Crippen LogP contribution < -0.4 is 5.32 Å². The van der Waals surface area contributed by atoms with E-state index in [-0.39, 0.29) is 24.9 Å². The number of aromatic amines is 1. The highest BCUT2D eigenvalue weighted by molar-refractivity contribution is 9.10. The van der Waals surface area contributed by atoms with Gasteiger partial charge in [-0.2, -0.15) is 0 Å². The minimum absolute atomic E-state index is 0.188. The van der Waals surface area contributed by atoms with Gasteiger partial charge in [0, 0.05) is 28.9 Å². The van der Waals surface area contributed by atoms with Crippen molar-refractivity contribution in [1.29, 1.82) is 0 Å². The van der Waals surface area contributed by atoms with Crippen molar-refractivity contribution in [3.63, 3.8) is 0 Å². The molecule has 0 radical (unpaired) electrons. The fourth-order valence-corrected chi connectivity index (χ4v) is 4.45. The van der Waals surface area contributed by atoms with Crippen LogP contribution in [0.2, 0.25) is 0 Å². The van der Waals surface area contributed by atoms with Crippen LogP contribution in [0.25, 0.3) is 10.9 Å². The maximum atomic E-state index is 12.9. The van der Waals surface area contributed by atoms with Crippen LogP contribution in [0.3, 0.4) is 0 Å². The summed E-state index contributed by atoms with van der Waals surface area (Å²) >= 11 is 3.52. The van der Waals surface area contributed by atoms with Crippen molar-refractivity contribution in [2.45, 2.75) is 31.7 Å². The van der Waals surface area contributed by atoms with Gasteiger partial charge in [0.25, 0.3) is 0 Å². The number of hydrogen-bond acceptors (Lipinski definition) is 3. The normalized spacial score (nSPS) is 14.6. The van der Waals surface area contributed by atoms with Gasteiger partial charge in [-0.3, -0.25) is 4.79 Å². The number of H-pyrrole nitrogens is 1. The molecule has 2 aromatic carbocycles. The summed E-state index contributed by atoms with van der Waals surface area (Å²) in [4.78, 5) is 28.9. The lowest BCUT2D eigenvalue weighted by molar-refractivity contribution is -0.153. The van der Waals surface area contributed by atoms with Gasteiger partial charge in [0.2, 0.25) is 5.91 Å². The highest BCUT2D eigenvalue weighted by atomic mass is 79.9. The average Bonchev–Trinajstić information content (AvgIpc) is 3.24. The zero-order valence-corrected chi connectivity index (χ0v) is 17.1. The number of esters is 1. The molecule has 0 atom stereocenters. The minimum Gasteiger partial charge on any atom is -0.464 e. The quantitative estimate of drug-likeness (QED) is 0.594. The minimum atomic E-state index is -1.04. The Morgan fingerprint density at radius 2 is 1.86 bits per heavy atom. The van der Waals surface area contributed by atoms with E-state index in [4.69, 9.17) is 4.74 Å². The SMILES string of the molecule is CCOC(=O)C1(NC(=O)Cc2c[nH]c3c(Br)cccc23)Cc2ccccc2C1. The molecule has 1 aliphatic rings. The smallest absolute Gasteiger partial charge is 0.332 e. The standard InChI is InChI=1S/C22H21BrN2O3/c1-2-28-21(27)22(11-14-6-3-4-7-15(14)12-22)25-19(26)10-16-13-24-20-17(16)8-5-9-18(20)23/h3-9,13,24H,2,10-12H2,1H3,(H,25,26). The predicted molar refractivity (Wildman–Crippen MR) is 111 cm³/mol. The van der Waals surface area contributed by atoms with Crippen LogP contribution in [0.15, 0.2) is 53.1 Å². The third kappa shape index (κ3) is 3.33. The van der Waals surface area contributed by atoms with E-state index in [0.717, 1.165) is 32.1 Å². The first kappa shape index (κ1) is 18.7. The van der Waals surface area contributed by atoms with Gasteiger partial charge in [-0.15, -0.1) is 0 Å². The molecule has 3 aromatic rings. The van der Waals surface area contributed by atoms with Crippen LogP contribution in [0.5, 0.6) is 0 Å². The van der Waals surface area contributed by atoms with Crippen LogP contribution in [-0.2, 0) is 33.6 Å². The van der Waals surface area contributed by atoms with Crippen LogP contribution >= 0.6 is 15.9 Å². The lowest BCUT2D eigenvalue weighted by Gasteiger charge is -2.28. The lowest BCUT2D eigenvalue weighted by atomic mass is 9.95. The summed E-state index contributed by atoms with van der Waals surface area (Å²) in [5.74, 6) is -0.567. The molecule has 6 heteroatoms. The monoisotopic (exact) mass is 440 g/mol. The zero-order valence-electron chi connectivity index (χ0n) is 15.5. The number of rotatable bonds is 5. The van der Waals surface area contributed by atoms with Crippen LogP contribution in [0.4, 0.5) is 0 Å². The number of aromatic nitrogens is 1. The first-order chi connectivity index (χ1) is 13.5. The summed E-state index contributed by atoms with van der Waals surface area (Å²) in [6.07, 6.45) is 2.93. The molecule has 0 fully saturated rings. The fourth-order valence-electron chi connectivity index (χ4n) is 3.97. The number of fused-ring (bicyclic) bond motifs is 2. The number of ether oxygens (including phenoxy) is 1. The van der Waals surface area contributed by atoms with Gasteiger partial charge in [-0.05, 0) is 45.6 Å². The van der Waals surface area contributed by atoms with Crippen molar-refractivity contribution in [3.05, 3.63) is 69.8 Å². The number of halogens is 1. The Balaban J connectivity index is 1.58. The second kappa shape index (κ2) is 7.43. The van der Waals surface area contributed by atoms with E-state index in [9.17, 15) is 9.59 Å². The molecule has 1 aliphatic carbocycles. The number of hydrogen-bond donors (Lipinski definition) is 2. The molecule has 0 aliphatic heterocycles. The third-order valence-electron chi connectivity index (χ3n) is 5.25. The second-order valence-electron chi connectivity index (χ2n) is 7.13. The fraction of sp³-hybridized carbons (Fsp3) is 0.273. The highest BCUT2D eigenvalue weighted by Crippen LogP contribution is 2.32. The van der Waals surface area contributed by atoms with Gasteiger partial charge in [-0.25, -0.2) is 4.79 Å². The van der Waals surface area contributed by atoms with Crippen LogP contribution in [-0.4, -0.2) is 29.0 Å². The number of nitrogens with one attached hydrogen (secondary N) is 2. The first-order valence-corrected chi connectivity index (χ1v) is 10.1. The molecule has 0 saturated carbocycles. The Hall–Kier alpha value is -2.60. The number of para-hydroxylation sites is 1. The molecule has 28 heavy (non-hydrogen) atoms. The van der Waals surface area contributed by atoms with Crippen molar-refractivity contribution in [2.24, 2.45) is 0 Å². The van der Waals surface area contributed by atoms with E-state index in [0.29, 0.717) is 12.8 Å². The van der Waals surface area contributed by atoms with Crippen LogP contribution in [0, 0.1) is 0 Å². The number of amides is 1. The topological polar surface area (TPSA) is 71.2 Å². The van der Waals surface area contributed by atoms with Crippen molar-refractivity contribution in [3.8, 4) is 0 Å². The van der Waals surface area contributed by atoms with Crippen molar-refractivity contribution in [2.75, 3.05) is 6.61 Å². The molecule has 1 aromatic heterocycles. The highest BCUT2D eigenvalue weighted by Gasteiger charge is 2.46. The van der Waals surface area contributed by atoms with Gasteiger partial charge < -0.3 is 15.0 Å². The molecule has 2 N–H and O–H groups in total. The Morgan fingerprint density at radius 3 is 2.54 bits per heavy atom. The van der Waals surface area contributed by atoms with Gasteiger partial charge in [0.1, 0.15) is 5.54 Å². The third-order valence-corrected chi connectivity index (χ3v) is 5.91. The van der Waals surface area contributed by atoms with E-state index < -0.39 is 5.54 Å². The summed E-state index contributed by atoms with van der Waals surface area (Å²) in [5, 5.41) is 3.99. The van der Waals surface area contributed by atoms with E-state index in [1.165, 1.54) is 0 Å². The molecule has 0 saturated heterocycles. The Labute approximate surface area is 171 Å². The summed E-state index contributed by atoms with van der Waals surface area (Å²) < 4.78 is 6.27. The summed E-state index contributed by atoms with van der Waals surface area (Å²) in [6, 6.07) is 13.8. The van der Waals surface area contributed by atoms with Gasteiger partial charge in [0.15, 0.2) is 0 Å². The maximum Gasteiger partial charge on any atom is 0.332 e. The second-order valence-corrected chi connectivity index (χ2v) is 7.98. The molecule has 0 unspecified atom stereocenters. The largest absolute Gasteiger partial charge is 0.464 e. The molecular formula is C22H21BrN2O3. The Kier molecular flexibility index (Phi) is 4.98. The van der Waals surface area contributed by atoms with Gasteiger partial charge in [-0.1, -0.05) is 36.4 Å². The summed E-state index contributed by atoms with van der Waals surface area (Å²) in [7, 11) is 0. The molecular weight excluding hydrogens is 420 g/mol. The Bertz CT molecular complexity index is 1030. The maximum absolute atomic E-state index is 12.9. The molecule has 5 nitrogen and oxygen atoms in total. The van der Waals surface area contributed by atoms with Gasteiger partial charge >= 0.3 is 5.97 Å². The first-order valence-electron chi connectivity index (χ1n) is 9.32. The average molecular weight is 441 g/mol. The molecule has 1 heterocycles. The lowest BCUT2D eigenvalue weighted by Crippen LogP contribution is -2.56.